The van der Waals surface area contributed by atoms with Gasteiger partial charge in [-0.25, -0.2) is 0 Å². The van der Waals surface area contributed by atoms with Crippen molar-refractivity contribution in [1.82, 2.24) is 15.5 Å². The average molecular weight is 422 g/mol. The molecule has 1 amide bonds. The summed E-state index contributed by atoms with van der Waals surface area (Å²) in [5.41, 5.74) is 0. The zero-order valence-electron chi connectivity index (χ0n) is 20.2. The van der Waals surface area contributed by atoms with Gasteiger partial charge in [0.15, 0.2) is 0 Å². The summed E-state index contributed by atoms with van der Waals surface area (Å²) in [5.74, 6) is 0.220. The van der Waals surface area contributed by atoms with E-state index < -0.39 is 0 Å². The summed E-state index contributed by atoms with van der Waals surface area (Å²) in [6.45, 7) is 6.18. The number of nitrogens with zero attached hydrogens (tertiary/aromatic N) is 1. The molecule has 4 heteroatoms. The van der Waals surface area contributed by atoms with Crippen LogP contribution >= 0.6 is 0 Å². The van der Waals surface area contributed by atoms with Crippen LogP contribution in [-0.4, -0.2) is 30.1 Å². The van der Waals surface area contributed by atoms with Crippen molar-refractivity contribution in [3.63, 3.8) is 0 Å². The Kier molecular flexibility index (Phi) is 17.7. The Balaban J connectivity index is 1.94. The zero-order chi connectivity index (χ0) is 21.7. The van der Waals surface area contributed by atoms with Crippen LogP contribution in [0.15, 0.2) is 12.4 Å². The van der Waals surface area contributed by atoms with Crippen molar-refractivity contribution >= 4 is 5.91 Å². The zero-order valence-corrected chi connectivity index (χ0v) is 20.2. The molecule has 4 nitrogen and oxygen atoms in total. The average Bonchev–Trinajstić information content (AvgIpc) is 3.19. The molecule has 1 heterocycles. The van der Waals surface area contributed by atoms with E-state index in [0.29, 0.717) is 12.6 Å². The second-order valence-electron chi connectivity index (χ2n) is 9.07. The first-order valence-electron chi connectivity index (χ1n) is 13.2. The molecule has 0 saturated heterocycles. The number of carbonyl (C=O) groups is 1. The number of rotatable bonds is 21. The predicted octanol–water partition coefficient (Wildman–Crippen LogP) is 6.87. The van der Waals surface area contributed by atoms with Crippen LogP contribution in [0.3, 0.4) is 0 Å². The SMILES string of the molecule is CCCCCCCCCCCC(=O)NCCN1C=CNC1CCCCCCCCC. The third-order valence-corrected chi connectivity index (χ3v) is 6.24. The summed E-state index contributed by atoms with van der Waals surface area (Å²) >= 11 is 0. The topological polar surface area (TPSA) is 44.4 Å². The van der Waals surface area contributed by atoms with Gasteiger partial charge >= 0.3 is 0 Å². The molecule has 0 aliphatic carbocycles. The Labute approximate surface area is 187 Å². The second kappa shape index (κ2) is 19.8. The molecule has 0 aromatic rings. The Hall–Kier alpha value is -1.19. The minimum Gasteiger partial charge on any atom is -0.370 e. The number of nitrogens with one attached hydrogen (secondary N) is 2. The van der Waals surface area contributed by atoms with E-state index in [9.17, 15) is 4.79 Å². The number of unbranched alkanes of at least 4 members (excludes halogenated alkanes) is 14. The van der Waals surface area contributed by atoms with Crippen molar-refractivity contribution in [3.8, 4) is 0 Å². The molecular formula is C26H51N3O. The Morgan fingerprint density at radius 1 is 0.800 bits per heavy atom. The highest BCUT2D eigenvalue weighted by atomic mass is 16.1. The molecule has 1 rings (SSSR count). The molecule has 0 bridgehead atoms. The number of hydrogen-bond acceptors (Lipinski definition) is 3. The van der Waals surface area contributed by atoms with Gasteiger partial charge in [-0.2, -0.15) is 0 Å². The molecule has 1 unspecified atom stereocenters. The molecule has 1 aliphatic heterocycles. The molecular weight excluding hydrogens is 370 g/mol. The molecule has 176 valence electrons. The van der Waals surface area contributed by atoms with E-state index in [2.05, 4.69) is 41.8 Å². The Bertz CT molecular complexity index is 425. The normalized spacial score (nSPS) is 15.5. The lowest BCUT2D eigenvalue weighted by molar-refractivity contribution is -0.121. The van der Waals surface area contributed by atoms with Gasteiger partial charge < -0.3 is 15.5 Å². The minimum absolute atomic E-state index is 0.220. The van der Waals surface area contributed by atoms with Crippen molar-refractivity contribution in [3.05, 3.63) is 12.4 Å². The Morgan fingerprint density at radius 3 is 1.93 bits per heavy atom. The molecule has 0 fully saturated rings. The van der Waals surface area contributed by atoms with Gasteiger partial charge in [0.1, 0.15) is 0 Å². The maximum atomic E-state index is 12.1. The minimum atomic E-state index is 0.220. The molecule has 1 aliphatic rings. The van der Waals surface area contributed by atoms with Crippen LogP contribution < -0.4 is 10.6 Å². The summed E-state index contributed by atoms with van der Waals surface area (Å²) in [5, 5.41) is 6.57. The molecule has 0 radical (unpaired) electrons. The van der Waals surface area contributed by atoms with E-state index in [0.717, 1.165) is 19.5 Å². The van der Waals surface area contributed by atoms with Crippen LogP contribution in [0.5, 0.6) is 0 Å². The molecule has 1 atom stereocenters. The fraction of sp³-hybridized carbons (Fsp3) is 0.885. The summed E-state index contributed by atoms with van der Waals surface area (Å²) in [6.07, 6.45) is 27.6. The Morgan fingerprint density at radius 2 is 1.33 bits per heavy atom. The fourth-order valence-electron chi connectivity index (χ4n) is 4.23. The van der Waals surface area contributed by atoms with Crippen LogP contribution in [0.1, 0.15) is 129 Å². The van der Waals surface area contributed by atoms with E-state index in [1.807, 2.05) is 0 Å². The number of carbonyl (C=O) groups excluding carboxylic acids is 1. The smallest absolute Gasteiger partial charge is 0.220 e. The van der Waals surface area contributed by atoms with Gasteiger partial charge in [0.2, 0.25) is 5.91 Å². The first kappa shape index (κ1) is 26.8. The van der Waals surface area contributed by atoms with Gasteiger partial charge in [-0.05, 0) is 19.3 Å². The van der Waals surface area contributed by atoms with Gasteiger partial charge in [0.25, 0.3) is 0 Å². The maximum Gasteiger partial charge on any atom is 0.220 e. The van der Waals surface area contributed by atoms with Crippen molar-refractivity contribution in [2.45, 2.75) is 136 Å². The summed E-state index contributed by atoms with van der Waals surface area (Å²) in [6, 6.07) is 0. The third kappa shape index (κ3) is 14.7. The maximum absolute atomic E-state index is 12.1. The van der Waals surface area contributed by atoms with E-state index in [4.69, 9.17) is 0 Å². The fourth-order valence-corrected chi connectivity index (χ4v) is 4.23. The second-order valence-corrected chi connectivity index (χ2v) is 9.07. The summed E-state index contributed by atoms with van der Waals surface area (Å²) in [7, 11) is 0. The molecule has 0 aromatic heterocycles. The molecule has 30 heavy (non-hydrogen) atoms. The van der Waals surface area contributed by atoms with Crippen molar-refractivity contribution < 1.29 is 4.79 Å². The van der Waals surface area contributed by atoms with E-state index in [1.165, 1.54) is 103 Å². The van der Waals surface area contributed by atoms with E-state index >= 15 is 0 Å². The van der Waals surface area contributed by atoms with Crippen molar-refractivity contribution in [2.75, 3.05) is 13.1 Å². The highest BCUT2D eigenvalue weighted by molar-refractivity contribution is 5.75. The summed E-state index contributed by atoms with van der Waals surface area (Å²) in [4.78, 5) is 14.4. The molecule has 0 spiro atoms. The van der Waals surface area contributed by atoms with E-state index in [1.54, 1.807) is 0 Å². The van der Waals surface area contributed by atoms with Crippen LogP contribution in [0.4, 0.5) is 0 Å². The highest BCUT2D eigenvalue weighted by Crippen LogP contribution is 2.14. The van der Waals surface area contributed by atoms with Crippen LogP contribution in [0.25, 0.3) is 0 Å². The standard InChI is InChI=1S/C26H51N3O/c1-3-5-7-9-11-12-14-16-18-20-26(30)28-22-24-29-23-21-27-25(29)19-17-15-13-10-8-6-4-2/h21,23,25,27H,3-20,22,24H2,1-2H3,(H,28,30). The largest absolute Gasteiger partial charge is 0.370 e. The van der Waals surface area contributed by atoms with Gasteiger partial charge in [0.05, 0.1) is 6.17 Å². The van der Waals surface area contributed by atoms with Gasteiger partial charge in [0, 0.05) is 31.9 Å². The first-order valence-corrected chi connectivity index (χ1v) is 13.2. The monoisotopic (exact) mass is 421 g/mol. The van der Waals surface area contributed by atoms with E-state index in [-0.39, 0.29) is 5.91 Å². The van der Waals surface area contributed by atoms with Crippen LogP contribution in [0.2, 0.25) is 0 Å². The quantitative estimate of drug-likeness (QED) is 0.199. The molecule has 0 saturated carbocycles. The lowest BCUT2D eigenvalue weighted by Crippen LogP contribution is -2.40. The third-order valence-electron chi connectivity index (χ3n) is 6.24. The lowest BCUT2D eigenvalue weighted by atomic mass is 10.1. The van der Waals surface area contributed by atoms with Gasteiger partial charge in [-0.15, -0.1) is 0 Å². The summed E-state index contributed by atoms with van der Waals surface area (Å²) < 4.78 is 0. The van der Waals surface area contributed by atoms with Crippen molar-refractivity contribution in [2.24, 2.45) is 0 Å². The van der Waals surface area contributed by atoms with Gasteiger partial charge in [-0.3, -0.25) is 4.79 Å². The lowest BCUT2D eigenvalue weighted by Gasteiger charge is -2.25. The van der Waals surface area contributed by atoms with Crippen LogP contribution in [-0.2, 0) is 4.79 Å². The number of hydrogen-bond donors (Lipinski definition) is 2. The number of amides is 1. The highest BCUT2D eigenvalue weighted by Gasteiger charge is 2.17. The van der Waals surface area contributed by atoms with Gasteiger partial charge in [-0.1, -0.05) is 104 Å². The van der Waals surface area contributed by atoms with Crippen molar-refractivity contribution in [1.29, 1.82) is 0 Å². The molecule has 2 N–H and O–H groups in total. The molecule has 0 aromatic carbocycles. The van der Waals surface area contributed by atoms with Crippen LogP contribution in [0, 0.1) is 0 Å². The first-order chi connectivity index (χ1) is 14.8. The predicted molar refractivity (Wildman–Crippen MR) is 130 cm³/mol.